The second-order valence-corrected chi connectivity index (χ2v) is 5.14. The summed E-state index contributed by atoms with van der Waals surface area (Å²) in [5, 5.41) is 2.66. The molecule has 0 heterocycles. The maximum absolute atomic E-state index is 13.2. The first-order valence-corrected chi connectivity index (χ1v) is 6.71. The molecule has 0 saturated carbocycles. The first-order valence-electron chi connectivity index (χ1n) is 5.92. The molecule has 0 fully saturated rings. The van der Waals surface area contributed by atoms with E-state index in [9.17, 15) is 9.18 Å². The predicted molar refractivity (Wildman–Crippen MR) is 79.8 cm³/mol. The quantitative estimate of drug-likeness (QED) is 0.913. The first kappa shape index (κ1) is 14.5. The molecule has 1 amide bonds. The lowest BCUT2D eigenvalue weighted by molar-refractivity contribution is 0.102. The van der Waals surface area contributed by atoms with E-state index in [2.05, 4.69) is 21.2 Å². The van der Waals surface area contributed by atoms with Gasteiger partial charge in [-0.2, -0.15) is 0 Å². The lowest BCUT2D eigenvalue weighted by atomic mass is 10.1. The number of nitrogens with one attached hydrogen (secondary N) is 1. The Morgan fingerprint density at radius 1 is 1.25 bits per heavy atom. The highest BCUT2D eigenvalue weighted by molar-refractivity contribution is 9.10. The molecule has 0 atom stereocenters. The monoisotopic (exact) mass is 337 g/mol. The third-order valence-corrected chi connectivity index (χ3v) is 3.47. The van der Waals surface area contributed by atoms with Crippen LogP contribution in [0.5, 0.6) is 5.75 Å². The molecule has 0 bridgehead atoms. The molecule has 0 unspecified atom stereocenters. The molecule has 5 heteroatoms. The third-order valence-electron chi connectivity index (χ3n) is 2.78. The maximum atomic E-state index is 13.2. The van der Waals surface area contributed by atoms with Crippen molar-refractivity contribution in [2.45, 2.75) is 6.92 Å². The van der Waals surface area contributed by atoms with Gasteiger partial charge in [0, 0.05) is 4.47 Å². The lowest BCUT2D eigenvalue weighted by Crippen LogP contribution is -2.14. The van der Waals surface area contributed by atoms with Crippen LogP contribution in [-0.4, -0.2) is 13.0 Å². The van der Waals surface area contributed by atoms with E-state index in [0.29, 0.717) is 21.5 Å². The molecule has 20 heavy (non-hydrogen) atoms. The standard InChI is InChI=1S/C15H13BrFNO2/c1-9-3-6-14(20-2)11(7-9)15(19)18-13-8-10(17)4-5-12(13)16/h3-8H,1-2H3,(H,18,19). The summed E-state index contributed by atoms with van der Waals surface area (Å²) in [4.78, 5) is 12.3. The number of methoxy groups -OCH3 is 1. The Kier molecular flexibility index (Phi) is 4.39. The summed E-state index contributed by atoms with van der Waals surface area (Å²) in [6.07, 6.45) is 0. The minimum absolute atomic E-state index is 0.350. The second kappa shape index (κ2) is 6.05. The Balaban J connectivity index is 2.32. The minimum atomic E-state index is -0.417. The highest BCUT2D eigenvalue weighted by Crippen LogP contribution is 2.26. The van der Waals surface area contributed by atoms with Crippen molar-refractivity contribution in [1.82, 2.24) is 0 Å². The molecular weight excluding hydrogens is 325 g/mol. The average molecular weight is 338 g/mol. The van der Waals surface area contributed by atoms with E-state index in [1.54, 1.807) is 18.2 Å². The molecule has 104 valence electrons. The minimum Gasteiger partial charge on any atom is -0.496 e. The molecule has 2 aromatic rings. The van der Waals surface area contributed by atoms with Crippen molar-refractivity contribution in [2.75, 3.05) is 12.4 Å². The van der Waals surface area contributed by atoms with Gasteiger partial charge in [-0.15, -0.1) is 0 Å². The Hall–Kier alpha value is -1.88. The molecule has 0 aromatic heterocycles. The molecule has 0 spiro atoms. The topological polar surface area (TPSA) is 38.3 Å². The summed E-state index contributed by atoms with van der Waals surface area (Å²) < 4.78 is 19.0. The summed E-state index contributed by atoms with van der Waals surface area (Å²) in [5.41, 5.74) is 1.72. The summed E-state index contributed by atoms with van der Waals surface area (Å²) in [6.45, 7) is 1.88. The van der Waals surface area contributed by atoms with Crippen molar-refractivity contribution in [1.29, 1.82) is 0 Å². The first-order chi connectivity index (χ1) is 9.51. The number of amides is 1. The van der Waals surface area contributed by atoms with Crippen LogP contribution in [0.3, 0.4) is 0 Å². The molecule has 0 aliphatic rings. The van der Waals surface area contributed by atoms with Crippen LogP contribution in [0.4, 0.5) is 10.1 Å². The van der Waals surface area contributed by atoms with Gasteiger partial charge < -0.3 is 10.1 Å². The normalized spacial score (nSPS) is 10.2. The summed E-state index contributed by atoms with van der Waals surface area (Å²) in [7, 11) is 1.50. The van der Waals surface area contributed by atoms with Crippen molar-refractivity contribution in [3.05, 3.63) is 57.8 Å². The molecule has 0 saturated heterocycles. The number of aryl methyl sites for hydroxylation is 1. The number of hydrogen-bond acceptors (Lipinski definition) is 2. The molecule has 0 aliphatic heterocycles. The van der Waals surface area contributed by atoms with Crippen LogP contribution < -0.4 is 10.1 Å². The largest absolute Gasteiger partial charge is 0.496 e. The van der Waals surface area contributed by atoms with E-state index >= 15 is 0 Å². The van der Waals surface area contributed by atoms with Crippen LogP contribution in [0.1, 0.15) is 15.9 Å². The SMILES string of the molecule is COc1ccc(C)cc1C(=O)Nc1cc(F)ccc1Br. The van der Waals surface area contributed by atoms with Crippen LogP contribution in [0.15, 0.2) is 40.9 Å². The smallest absolute Gasteiger partial charge is 0.259 e. The fourth-order valence-electron chi connectivity index (χ4n) is 1.78. The number of benzene rings is 2. The van der Waals surface area contributed by atoms with E-state index < -0.39 is 5.82 Å². The summed E-state index contributed by atoms with van der Waals surface area (Å²) in [6, 6.07) is 9.41. The number of anilines is 1. The fraction of sp³-hybridized carbons (Fsp3) is 0.133. The van der Waals surface area contributed by atoms with E-state index in [1.165, 1.54) is 19.2 Å². The van der Waals surface area contributed by atoms with Gasteiger partial charge in [-0.05, 0) is 53.2 Å². The summed E-state index contributed by atoms with van der Waals surface area (Å²) >= 11 is 3.27. The van der Waals surface area contributed by atoms with E-state index in [-0.39, 0.29) is 5.91 Å². The van der Waals surface area contributed by atoms with Crippen molar-refractivity contribution in [2.24, 2.45) is 0 Å². The maximum Gasteiger partial charge on any atom is 0.259 e. The molecule has 3 nitrogen and oxygen atoms in total. The predicted octanol–water partition coefficient (Wildman–Crippen LogP) is 4.16. The molecule has 2 aromatic carbocycles. The zero-order valence-electron chi connectivity index (χ0n) is 11.0. The van der Waals surface area contributed by atoms with Gasteiger partial charge in [0.25, 0.3) is 5.91 Å². The van der Waals surface area contributed by atoms with Crippen LogP contribution in [-0.2, 0) is 0 Å². The number of ether oxygens (including phenoxy) is 1. The Morgan fingerprint density at radius 2 is 2.00 bits per heavy atom. The van der Waals surface area contributed by atoms with E-state index in [4.69, 9.17) is 4.74 Å². The summed E-state index contributed by atoms with van der Waals surface area (Å²) in [5.74, 6) is -0.294. The number of carbonyl (C=O) groups is 1. The van der Waals surface area contributed by atoms with Gasteiger partial charge in [-0.3, -0.25) is 4.79 Å². The number of halogens is 2. The molecule has 0 aliphatic carbocycles. The van der Waals surface area contributed by atoms with E-state index in [0.717, 1.165) is 5.56 Å². The molecule has 2 rings (SSSR count). The number of carbonyl (C=O) groups excluding carboxylic acids is 1. The zero-order chi connectivity index (χ0) is 14.7. The van der Waals surface area contributed by atoms with Crippen LogP contribution in [0.2, 0.25) is 0 Å². The zero-order valence-corrected chi connectivity index (χ0v) is 12.6. The van der Waals surface area contributed by atoms with Crippen molar-refractivity contribution in [3.8, 4) is 5.75 Å². The van der Waals surface area contributed by atoms with Gasteiger partial charge in [0.2, 0.25) is 0 Å². The Bertz CT molecular complexity index is 658. The lowest BCUT2D eigenvalue weighted by Gasteiger charge is -2.11. The van der Waals surface area contributed by atoms with Gasteiger partial charge in [0.15, 0.2) is 0 Å². The average Bonchev–Trinajstić information content (AvgIpc) is 2.42. The second-order valence-electron chi connectivity index (χ2n) is 4.28. The fourth-order valence-corrected chi connectivity index (χ4v) is 2.13. The third kappa shape index (κ3) is 3.17. The van der Waals surface area contributed by atoms with Gasteiger partial charge in [0.05, 0.1) is 18.4 Å². The Morgan fingerprint density at radius 3 is 2.70 bits per heavy atom. The van der Waals surface area contributed by atoms with Gasteiger partial charge >= 0.3 is 0 Å². The van der Waals surface area contributed by atoms with Crippen molar-refractivity contribution >= 4 is 27.5 Å². The van der Waals surface area contributed by atoms with Gasteiger partial charge in [0.1, 0.15) is 11.6 Å². The van der Waals surface area contributed by atoms with Crippen molar-refractivity contribution in [3.63, 3.8) is 0 Å². The molecule has 1 N–H and O–H groups in total. The van der Waals surface area contributed by atoms with Crippen LogP contribution in [0.25, 0.3) is 0 Å². The molecular formula is C15H13BrFNO2. The van der Waals surface area contributed by atoms with Crippen molar-refractivity contribution < 1.29 is 13.9 Å². The molecule has 0 radical (unpaired) electrons. The van der Waals surface area contributed by atoms with E-state index in [1.807, 2.05) is 13.0 Å². The number of hydrogen-bond donors (Lipinski definition) is 1. The highest BCUT2D eigenvalue weighted by atomic mass is 79.9. The van der Waals surface area contributed by atoms with Gasteiger partial charge in [-0.1, -0.05) is 11.6 Å². The highest BCUT2D eigenvalue weighted by Gasteiger charge is 2.14. The Labute approximate surface area is 124 Å². The van der Waals surface area contributed by atoms with Crippen LogP contribution >= 0.6 is 15.9 Å². The number of rotatable bonds is 3. The van der Waals surface area contributed by atoms with Gasteiger partial charge in [-0.25, -0.2) is 4.39 Å². The van der Waals surface area contributed by atoms with Crippen LogP contribution in [0, 0.1) is 12.7 Å².